The summed E-state index contributed by atoms with van der Waals surface area (Å²) in [6.45, 7) is 33.4. The Balaban J connectivity index is 1.43. The Morgan fingerprint density at radius 3 is 0.970 bits per heavy atom. The number of pyridine rings is 2. The highest BCUT2D eigenvalue weighted by Crippen LogP contribution is 2.59. The summed E-state index contributed by atoms with van der Waals surface area (Å²) < 4.78 is 14.3. The maximum Gasteiger partial charge on any atom is 0.0977 e. The highest BCUT2D eigenvalue weighted by Gasteiger charge is 2.39. The number of fused-ring (bicyclic) bond motifs is 3. The molecule has 10 aromatic heterocycles. The topological polar surface area (TPSA) is 17.6 Å². The maximum absolute atomic E-state index is 2.85. The van der Waals surface area contributed by atoms with E-state index in [0.29, 0.717) is 0 Å². The molecule has 13 aromatic rings. The van der Waals surface area contributed by atoms with Crippen LogP contribution < -0.4 is 0 Å². The summed E-state index contributed by atoms with van der Waals surface area (Å²) in [5.74, 6) is 0. The molecular weight excluding hydrogens is 821 g/mol. The Morgan fingerprint density at radius 1 is 0.348 bits per heavy atom. The Hall–Kier alpha value is -5.52. The second-order valence-electron chi connectivity index (χ2n) is 21.9. The minimum absolute atomic E-state index is 0.0686. The Bertz CT molecular complexity index is 4080. The first-order valence-corrected chi connectivity index (χ1v) is 26.2. The van der Waals surface area contributed by atoms with Crippen LogP contribution in [0.15, 0.2) is 48.5 Å². The predicted molar refractivity (Wildman–Crippen MR) is 288 cm³/mol. The van der Waals surface area contributed by atoms with Gasteiger partial charge in [0, 0.05) is 31.3 Å². The van der Waals surface area contributed by atoms with Gasteiger partial charge in [-0.25, -0.2) is 0 Å². The lowest BCUT2D eigenvalue weighted by Gasteiger charge is -2.25. The Labute approximate surface area is 392 Å². The molecule has 0 amide bonds. The molecular formula is C61H64N4S. The van der Waals surface area contributed by atoms with Crippen LogP contribution in [0.2, 0.25) is 0 Å². The summed E-state index contributed by atoms with van der Waals surface area (Å²) in [5.41, 5.74) is 37.7. The van der Waals surface area contributed by atoms with E-state index in [1.54, 1.807) is 0 Å². The quantitative estimate of drug-likeness (QED) is 0.102. The third-order valence-electron chi connectivity index (χ3n) is 16.8. The molecule has 0 radical (unpaired) electrons. The van der Waals surface area contributed by atoms with E-state index < -0.39 is 0 Å². The van der Waals surface area contributed by atoms with Crippen LogP contribution in [-0.4, -0.2) is 17.6 Å². The molecule has 334 valence electrons. The summed E-state index contributed by atoms with van der Waals surface area (Å²) >= 11 is 2.09. The molecule has 0 aliphatic carbocycles. The molecule has 0 saturated carbocycles. The second-order valence-corrected chi connectivity index (χ2v) is 22.9. The van der Waals surface area contributed by atoms with Gasteiger partial charge in [0.05, 0.1) is 66.2 Å². The molecule has 0 spiro atoms. The highest BCUT2D eigenvalue weighted by molar-refractivity contribution is 7.27. The molecule has 0 unspecified atom stereocenters. The van der Waals surface area contributed by atoms with E-state index in [0.717, 1.165) is 44.9 Å². The van der Waals surface area contributed by atoms with Crippen molar-refractivity contribution in [1.82, 2.24) is 17.6 Å². The van der Waals surface area contributed by atoms with Crippen LogP contribution in [0.5, 0.6) is 0 Å². The summed E-state index contributed by atoms with van der Waals surface area (Å²) in [4.78, 5) is 0. The lowest BCUT2D eigenvalue weighted by Crippen LogP contribution is -2.11. The van der Waals surface area contributed by atoms with Gasteiger partial charge in [-0.2, -0.15) is 0 Å². The fourth-order valence-electron chi connectivity index (χ4n) is 14.0. The first-order chi connectivity index (χ1) is 31.7. The Morgan fingerprint density at radius 2 is 0.636 bits per heavy atom. The number of hydrogen-bond acceptors (Lipinski definition) is 1. The van der Waals surface area contributed by atoms with Gasteiger partial charge < -0.3 is 17.6 Å². The number of nitrogens with zero attached hydrogens (tertiary/aromatic N) is 4. The van der Waals surface area contributed by atoms with E-state index in [4.69, 9.17) is 0 Å². The van der Waals surface area contributed by atoms with Crippen molar-refractivity contribution in [2.75, 3.05) is 0 Å². The van der Waals surface area contributed by atoms with Gasteiger partial charge in [-0.1, -0.05) is 139 Å². The first-order valence-electron chi connectivity index (χ1n) is 25.4. The van der Waals surface area contributed by atoms with Crippen LogP contribution in [0.1, 0.15) is 146 Å². The molecule has 0 fully saturated rings. The number of hydrogen-bond donors (Lipinski definition) is 0. The van der Waals surface area contributed by atoms with E-state index in [9.17, 15) is 0 Å². The van der Waals surface area contributed by atoms with E-state index in [1.807, 2.05) is 0 Å². The Kier molecular flexibility index (Phi) is 8.10. The van der Waals surface area contributed by atoms with E-state index in [1.165, 1.54) is 164 Å². The van der Waals surface area contributed by atoms with E-state index >= 15 is 0 Å². The van der Waals surface area contributed by atoms with Crippen molar-refractivity contribution in [3.63, 3.8) is 0 Å². The molecule has 3 aromatic carbocycles. The molecule has 10 heterocycles. The van der Waals surface area contributed by atoms with Gasteiger partial charge in [-0.15, -0.1) is 11.3 Å². The molecule has 0 aliphatic heterocycles. The fraction of sp³-hybridized carbons (Fsp3) is 0.377. The zero-order chi connectivity index (χ0) is 45.9. The summed E-state index contributed by atoms with van der Waals surface area (Å²) in [7, 11) is 0. The largest absolute Gasteiger partial charge is 0.304 e. The molecule has 0 saturated heterocycles. The van der Waals surface area contributed by atoms with Crippen molar-refractivity contribution >= 4 is 97.7 Å². The van der Waals surface area contributed by atoms with Crippen molar-refractivity contribution in [1.29, 1.82) is 0 Å². The zero-order valence-corrected chi connectivity index (χ0v) is 42.6. The SMILES string of the molecule is CCc1c(CC)c2c3c(CC)c(C)c4c5c(CC)c(CC)c6c7c(CC)c(CC)c8c(-c9ccc(C(C)(C)C)cc9)c9sc%10c(-c%11ccc(C(C)(C)C)cc%11)c1n2c1c%10c9c(c(c1n34)n65)n87. The van der Waals surface area contributed by atoms with Crippen LogP contribution in [0.4, 0.5) is 0 Å². The summed E-state index contributed by atoms with van der Waals surface area (Å²) in [6, 6.07) is 19.5. The number of aromatic nitrogens is 4. The van der Waals surface area contributed by atoms with Gasteiger partial charge in [0.25, 0.3) is 0 Å². The van der Waals surface area contributed by atoms with E-state index in [2.05, 4.69) is 174 Å². The summed E-state index contributed by atoms with van der Waals surface area (Å²) in [5, 5.41) is 2.90. The van der Waals surface area contributed by atoms with Crippen LogP contribution >= 0.6 is 11.3 Å². The lowest BCUT2D eigenvalue weighted by molar-refractivity contribution is 0.590. The van der Waals surface area contributed by atoms with Gasteiger partial charge in [0.2, 0.25) is 0 Å². The zero-order valence-electron chi connectivity index (χ0n) is 41.8. The molecule has 5 heteroatoms. The predicted octanol–water partition coefficient (Wildman–Crippen LogP) is 17.0. The molecule has 0 bridgehead atoms. The standard InChI is InChI=1S/C61H64N4S/c1-15-35-30(8)46-50-40(20-6)41(21-7)53-52-39(19-5)37(17-3)48-43(32-24-28-34(29-25-32)61(12,13)14)59-45-44-54-56(57(65(50)53)55(45)64(48)52)62(46)49(35)51-38(18-4)36(16-2)47(63(51)54)42(58(44)66-59)31-22-26-33(27-23-31)60(9,10)11/h22-29H,15-21H2,1-14H3. The highest BCUT2D eigenvalue weighted by atomic mass is 32.1. The van der Waals surface area contributed by atoms with Crippen LogP contribution in [0.3, 0.4) is 0 Å². The molecule has 66 heavy (non-hydrogen) atoms. The number of thiophene rings is 1. The summed E-state index contributed by atoms with van der Waals surface area (Å²) in [6.07, 6.45) is 6.99. The molecule has 0 N–H and O–H groups in total. The average molecular weight is 885 g/mol. The molecule has 0 atom stereocenters. The monoisotopic (exact) mass is 884 g/mol. The fourth-order valence-corrected chi connectivity index (χ4v) is 15.4. The second kappa shape index (κ2) is 13.1. The third-order valence-corrected chi connectivity index (χ3v) is 18.0. The molecule has 13 rings (SSSR count). The number of aryl methyl sites for hydroxylation is 8. The van der Waals surface area contributed by atoms with Gasteiger partial charge in [-0.3, -0.25) is 0 Å². The van der Waals surface area contributed by atoms with Crippen molar-refractivity contribution in [3.8, 4) is 22.3 Å². The maximum atomic E-state index is 2.85. The third kappa shape index (κ3) is 4.45. The molecule has 4 nitrogen and oxygen atoms in total. The smallest absolute Gasteiger partial charge is 0.0977 e. The van der Waals surface area contributed by atoms with Crippen molar-refractivity contribution in [2.45, 2.75) is 153 Å². The van der Waals surface area contributed by atoms with E-state index in [-0.39, 0.29) is 10.8 Å². The van der Waals surface area contributed by atoms with Crippen molar-refractivity contribution in [3.05, 3.63) is 104 Å². The molecule has 0 aliphatic rings. The van der Waals surface area contributed by atoms with Crippen molar-refractivity contribution in [2.24, 2.45) is 0 Å². The van der Waals surface area contributed by atoms with Gasteiger partial charge in [0.15, 0.2) is 0 Å². The lowest BCUT2D eigenvalue weighted by atomic mass is 9.85. The minimum atomic E-state index is 0.0686. The van der Waals surface area contributed by atoms with Crippen LogP contribution in [0, 0.1) is 6.92 Å². The van der Waals surface area contributed by atoms with Crippen LogP contribution in [-0.2, 0) is 55.8 Å². The van der Waals surface area contributed by atoms with Gasteiger partial charge in [-0.05, 0) is 129 Å². The van der Waals surface area contributed by atoms with Gasteiger partial charge >= 0.3 is 0 Å². The first kappa shape index (κ1) is 40.7. The van der Waals surface area contributed by atoms with Gasteiger partial charge in [0.1, 0.15) is 0 Å². The minimum Gasteiger partial charge on any atom is -0.304 e. The normalized spacial score (nSPS) is 13.7. The van der Waals surface area contributed by atoms with Crippen LogP contribution in [0.25, 0.3) is 109 Å². The number of rotatable bonds is 9. The number of benzene rings is 3. The van der Waals surface area contributed by atoms with Crippen molar-refractivity contribution < 1.29 is 0 Å². The average Bonchev–Trinajstić information content (AvgIpc) is 4.09.